The van der Waals surface area contributed by atoms with Crippen LogP contribution in [0.5, 0.6) is 0 Å². The Morgan fingerprint density at radius 3 is 2.37 bits per heavy atom. The third-order valence-electron chi connectivity index (χ3n) is 2.22. The van der Waals surface area contributed by atoms with Crippen LogP contribution in [0.3, 0.4) is 0 Å². The standard InChI is InChI=1S/C10H8Cl3N3O2S/c1-5-14-4-10(15-5)19(17,18)16-9-3-7(12)6(11)2-8(9)13/h2-4,16H,1H3,(H,14,15). The van der Waals surface area contributed by atoms with Gasteiger partial charge in [0.15, 0.2) is 5.03 Å². The number of sulfonamides is 1. The first-order valence-corrected chi connectivity index (χ1v) is 7.60. The molecule has 1 heterocycles. The lowest BCUT2D eigenvalue weighted by molar-refractivity contribution is 0.598. The Bertz CT molecular complexity index is 728. The Hall–Kier alpha value is -0.950. The van der Waals surface area contributed by atoms with E-state index in [0.29, 0.717) is 5.82 Å². The lowest BCUT2D eigenvalue weighted by Crippen LogP contribution is -2.13. The molecule has 102 valence electrons. The number of hydrogen-bond donors (Lipinski definition) is 2. The first-order chi connectivity index (χ1) is 8.79. The molecular formula is C10H8Cl3N3O2S. The van der Waals surface area contributed by atoms with E-state index in [4.69, 9.17) is 34.8 Å². The van der Waals surface area contributed by atoms with E-state index in [-0.39, 0.29) is 25.8 Å². The number of nitrogens with one attached hydrogen (secondary N) is 2. The SMILES string of the molecule is Cc1ncc(S(=O)(=O)Nc2cc(Cl)c(Cl)cc2Cl)[nH]1. The molecule has 0 spiro atoms. The van der Waals surface area contributed by atoms with Crippen molar-refractivity contribution in [3.63, 3.8) is 0 Å². The van der Waals surface area contributed by atoms with Crippen molar-refractivity contribution >= 4 is 50.5 Å². The van der Waals surface area contributed by atoms with Crippen LogP contribution in [0, 0.1) is 6.92 Å². The topological polar surface area (TPSA) is 74.8 Å². The van der Waals surface area contributed by atoms with Crippen molar-refractivity contribution in [2.45, 2.75) is 11.9 Å². The molecule has 0 radical (unpaired) electrons. The Morgan fingerprint density at radius 2 is 1.79 bits per heavy atom. The number of anilines is 1. The number of imidazole rings is 1. The minimum atomic E-state index is -3.80. The van der Waals surface area contributed by atoms with E-state index in [1.807, 2.05) is 0 Å². The Balaban J connectivity index is 2.38. The van der Waals surface area contributed by atoms with Crippen LogP contribution >= 0.6 is 34.8 Å². The van der Waals surface area contributed by atoms with Gasteiger partial charge in [-0.2, -0.15) is 8.42 Å². The van der Waals surface area contributed by atoms with Crippen molar-refractivity contribution < 1.29 is 8.42 Å². The average Bonchev–Trinajstić information content (AvgIpc) is 2.73. The van der Waals surface area contributed by atoms with Crippen molar-refractivity contribution in [1.82, 2.24) is 9.97 Å². The molecule has 0 fully saturated rings. The molecule has 0 saturated heterocycles. The lowest BCUT2D eigenvalue weighted by Gasteiger charge is -2.09. The smallest absolute Gasteiger partial charge is 0.279 e. The van der Waals surface area contributed by atoms with E-state index >= 15 is 0 Å². The molecule has 1 aromatic carbocycles. The Labute approximate surface area is 125 Å². The number of nitrogens with zero attached hydrogens (tertiary/aromatic N) is 1. The molecule has 0 aliphatic heterocycles. The molecule has 5 nitrogen and oxygen atoms in total. The van der Waals surface area contributed by atoms with Gasteiger partial charge >= 0.3 is 0 Å². The van der Waals surface area contributed by atoms with Crippen molar-refractivity contribution in [1.29, 1.82) is 0 Å². The first kappa shape index (κ1) is 14.5. The van der Waals surface area contributed by atoms with E-state index in [9.17, 15) is 8.42 Å². The van der Waals surface area contributed by atoms with Crippen LogP contribution in [0.1, 0.15) is 5.82 Å². The summed E-state index contributed by atoms with van der Waals surface area (Å²) in [6.07, 6.45) is 1.21. The van der Waals surface area contributed by atoms with Crippen molar-refractivity contribution in [3.8, 4) is 0 Å². The van der Waals surface area contributed by atoms with Gasteiger partial charge < -0.3 is 4.98 Å². The largest absolute Gasteiger partial charge is 0.332 e. The average molecular weight is 341 g/mol. The van der Waals surface area contributed by atoms with Crippen LogP contribution in [-0.2, 0) is 10.0 Å². The quantitative estimate of drug-likeness (QED) is 0.840. The zero-order chi connectivity index (χ0) is 14.2. The van der Waals surface area contributed by atoms with Gasteiger partial charge in [-0.3, -0.25) is 4.72 Å². The van der Waals surface area contributed by atoms with Gasteiger partial charge in [0.05, 0.1) is 27.0 Å². The number of rotatable bonds is 3. The number of benzene rings is 1. The molecule has 0 amide bonds. The number of halogens is 3. The molecular weight excluding hydrogens is 333 g/mol. The highest BCUT2D eigenvalue weighted by Crippen LogP contribution is 2.33. The summed E-state index contributed by atoms with van der Waals surface area (Å²) in [6, 6.07) is 2.70. The van der Waals surface area contributed by atoms with E-state index in [1.165, 1.54) is 18.3 Å². The molecule has 0 aliphatic carbocycles. The normalized spacial score (nSPS) is 11.6. The fourth-order valence-electron chi connectivity index (χ4n) is 1.34. The zero-order valence-electron chi connectivity index (χ0n) is 9.54. The Kier molecular flexibility index (Phi) is 3.96. The van der Waals surface area contributed by atoms with Gasteiger partial charge in [0.2, 0.25) is 0 Å². The van der Waals surface area contributed by atoms with E-state index < -0.39 is 10.0 Å². The predicted octanol–water partition coefficient (Wildman–Crippen LogP) is 3.48. The number of aromatic amines is 1. The second-order valence-electron chi connectivity index (χ2n) is 3.68. The predicted molar refractivity (Wildman–Crippen MR) is 75.6 cm³/mol. The summed E-state index contributed by atoms with van der Waals surface area (Å²) < 4.78 is 26.4. The Morgan fingerprint density at radius 1 is 1.16 bits per heavy atom. The monoisotopic (exact) mass is 339 g/mol. The fourth-order valence-corrected chi connectivity index (χ4v) is 3.03. The molecule has 2 N–H and O–H groups in total. The number of hydrogen-bond acceptors (Lipinski definition) is 3. The van der Waals surface area contributed by atoms with Crippen molar-refractivity contribution in [3.05, 3.63) is 39.2 Å². The molecule has 0 atom stereocenters. The second-order valence-corrected chi connectivity index (χ2v) is 6.56. The summed E-state index contributed by atoms with van der Waals surface area (Å²) in [7, 11) is -3.80. The van der Waals surface area contributed by atoms with E-state index in [1.54, 1.807) is 6.92 Å². The van der Waals surface area contributed by atoms with E-state index in [0.717, 1.165) is 0 Å². The third kappa shape index (κ3) is 3.14. The molecule has 0 aliphatic rings. The number of aromatic nitrogens is 2. The summed E-state index contributed by atoms with van der Waals surface area (Å²) in [6.45, 7) is 1.64. The van der Waals surface area contributed by atoms with Crippen LogP contribution in [0.25, 0.3) is 0 Å². The summed E-state index contributed by atoms with van der Waals surface area (Å²) in [4.78, 5) is 6.44. The van der Waals surface area contributed by atoms with Gasteiger partial charge in [-0.1, -0.05) is 34.8 Å². The number of H-pyrrole nitrogens is 1. The van der Waals surface area contributed by atoms with Crippen LogP contribution < -0.4 is 4.72 Å². The highest BCUT2D eigenvalue weighted by molar-refractivity contribution is 7.92. The van der Waals surface area contributed by atoms with Gasteiger partial charge in [0.1, 0.15) is 5.82 Å². The molecule has 2 aromatic rings. The minimum absolute atomic E-state index is 0.0628. The molecule has 19 heavy (non-hydrogen) atoms. The molecule has 0 unspecified atom stereocenters. The summed E-state index contributed by atoms with van der Waals surface area (Å²) >= 11 is 17.5. The second kappa shape index (κ2) is 5.20. The molecule has 0 bridgehead atoms. The maximum Gasteiger partial charge on any atom is 0.279 e. The molecule has 9 heteroatoms. The first-order valence-electron chi connectivity index (χ1n) is 4.98. The lowest BCUT2D eigenvalue weighted by atomic mass is 10.3. The third-order valence-corrected chi connectivity index (χ3v) is 4.53. The van der Waals surface area contributed by atoms with Crippen molar-refractivity contribution in [2.75, 3.05) is 4.72 Å². The van der Waals surface area contributed by atoms with Crippen LogP contribution in [0.15, 0.2) is 23.4 Å². The summed E-state index contributed by atoms with van der Waals surface area (Å²) in [5, 5.41) is 0.526. The van der Waals surface area contributed by atoms with Gasteiger partial charge in [0.25, 0.3) is 10.0 Å². The molecule has 2 rings (SSSR count). The molecule has 1 aromatic heterocycles. The maximum atomic E-state index is 12.0. The summed E-state index contributed by atoms with van der Waals surface area (Å²) in [5.74, 6) is 0.487. The van der Waals surface area contributed by atoms with Crippen LogP contribution in [0.2, 0.25) is 15.1 Å². The van der Waals surface area contributed by atoms with Crippen LogP contribution in [-0.4, -0.2) is 18.4 Å². The van der Waals surface area contributed by atoms with Crippen molar-refractivity contribution in [2.24, 2.45) is 0 Å². The fraction of sp³-hybridized carbons (Fsp3) is 0.100. The van der Waals surface area contributed by atoms with Gasteiger partial charge in [-0.15, -0.1) is 0 Å². The number of aryl methyl sites for hydroxylation is 1. The molecule has 0 saturated carbocycles. The van der Waals surface area contributed by atoms with E-state index in [2.05, 4.69) is 14.7 Å². The van der Waals surface area contributed by atoms with Gasteiger partial charge in [0, 0.05) is 0 Å². The minimum Gasteiger partial charge on any atom is -0.332 e. The van der Waals surface area contributed by atoms with Gasteiger partial charge in [-0.05, 0) is 19.1 Å². The highest BCUT2D eigenvalue weighted by Gasteiger charge is 2.18. The van der Waals surface area contributed by atoms with Crippen LogP contribution in [0.4, 0.5) is 5.69 Å². The maximum absolute atomic E-state index is 12.0. The van der Waals surface area contributed by atoms with Gasteiger partial charge in [-0.25, -0.2) is 4.98 Å². The zero-order valence-corrected chi connectivity index (χ0v) is 12.6. The summed E-state index contributed by atoms with van der Waals surface area (Å²) in [5.41, 5.74) is 0.142. The highest BCUT2D eigenvalue weighted by atomic mass is 35.5.